The van der Waals surface area contributed by atoms with Crippen molar-refractivity contribution in [1.29, 1.82) is 0 Å². The molecule has 1 atom stereocenters. The Labute approximate surface area is 188 Å². The Hall–Kier alpha value is -2.27. The van der Waals surface area contributed by atoms with E-state index in [0.717, 1.165) is 49.7 Å². The summed E-state index contributed by atoms with van der Waals surface area (Å²) in [5.41, 5.74) is 2.65. The highest BCUT2D eigenvalue weighted by molar-refractivity contribution is 5.67. The van der Waals surface area contributed by atoms with Gasteiger partial charge in [0.25, 0.3) is 0 Å². The van der Waals surface area contributed by atoms with Crippen LogP contribution < -0.4 is 4.74 Å². The smallest absolute Gasteiger partial charge is 0.166 e. The molecule has 2 aliphatic carbocycles. The number of rotatable bonds is 6. The van der Waals surface area contributed by atoms with E-state index in [-0.39, 0.29) is 29.5 Å². The van der Waals surface area contributed by atoms with Crippen LogP contribution in [0.3, 0.4) is 0 Å². The van der Waals surface area contributed by atoms with E-state index in [2.05, 4.69) is 0 Å². The van der Waals surface area contributed by atoms with Crippen molar-refractivity contribution < 1.29 is 22.6 Å². The van der Waals surface area contributed by atoms with E-state index in [1.807, 2.05) is 19.1 Å². The van der Waals surface area contributed by atoms with Crippen molar-refractivity contribution in [1.82, 2.24) is 0 Å². The predicted octanol–water partition coefficient (Wildman–Crippen LogP) is 7.53. The van der Waals surface area contributed by atoms with Crippen LogP contribution in [-0.4, -0.2) is 19.8 Å². The van der Waals surface area contributed by atoms with Gasteiger partial charge in [-0.3, -0.25) is 0 Å². The van der Waals surface area contributed by atoms with Crippen molar-refractivity contribution in [2.75, 3.05) is 13.7 Å². The minimum atomic E-state index is -0.736. The number of benzene rings is 2. The van der Waals surface area contributed by atoms with Gasteiger partial charge in [0.15, 0.2) is 23.2 Å². The molecule has 2 aliphatic rings. The molecule has 1 saturated carbocycles. The van der Waals surface area contributed by atoms with Gasteiger partial charge in [0.05, 0.1) is 12.7 Å². The fourth-order valence-corrected chi connectivity index (χ4v) is 5.18. The van der Waals surface area contributed by atoms with Gasteiger partial charge in [-0.05, 0) is 92.5 Å². The standard InChI is InChI=1S/C27H31F3O2/c1-3-32-25-15-10-20(16-24(25)28)17-4-6-18(7-5-17)22-13-14-23(27(30)26(22)29)19-8-11-21(31-2)12-9-19/h8,10,13-18,21H,3-7,9,11-12H2,1-2H3. The molecule has 0 N–H and O–H groups in total. The third-order valence-electron chi connectivity index (χ3n) is 7.05. The van der Waals surface area contributed by atoms with Crippen LogP contribution in [-0.2, 0) is 4.74 Å². The van der Waals surface area contributed by atoms with Gasteiger partial charge < -0.3 is 9.47 Å². The molecule has 172 valence electrons. The molecule has 2 nitrogen and oxygen atoms in total. The Morgan fingerprint density at radius 2 is 1.66 bits per heavy atom. The monoisotopic (exact) mass is 444 g/mol. The van der Waals surface area contributed by atoms with Crippen LogP contribution in [0.15, 0.2) is 36.4 Å². The summed E-state index contributed by atoms with van der Waals surface area (Å²) in [5.74, 6) is -1.31. The van der Waals surface area contributed by atoms with Gasteiger partial charge in [0.1, 0.15) is 0 Å². The molecule has 0 heterocycles. The number of hydrogen-bond acceptors (Lipinski definition) is 2. The minimum absolute atomic E-state index is 0.0134. The molecule has 0 amide bonds. The van der Waals surface area contributed by atoms with Crippen molar-refractivity contribution in [2.24, 2.45) is 0 Å². The normalized spacial score (nSPS) is 23.7. The van der Waals surface area contributed by atoms with E-state index in [9.17, 15) is 8.78 Å². The van der Waals surface area contributed by atoms with Crippen LogP contribution >= 0.6 is 0 Å². The molecule has 0 bridgehead atoms. The molecule has 2 aromatic rings. The molecule has 0 aliphatic heterocycles. The van der Waals surface area contributed by atoms with Gasteiger partial charge in [0.2, 0.25) is 0 Å². The highest BCUT2D eigenvalue weighted by atomic mass is 19.2. The first-order chi connectivity index (χ1) is 15.5. The molecular weight excluding hydrogens is 413 g/mol. The molecule has 0 radical (unpaired) electrons. The van der Waals surface area contributed by atoms with E-state index in [1.165, 1.54) is 0 Å². The lowest BCUT2D eigenvalue weighted by molar-refractivity contribution is 0.0964. The maximum absolute atomic E-state index is 15.0. The Bertz CT molecular complexity index is 977. The van der Waals surface area contributed by atoms with Crippen molar-refractivity contribution >= 4 is 5.57 Å². The van der Waals surface area contributed by atoms with E-state index in [1.54, 1.807) is 31.4 Å². The van der Waals surface area contributed by atoms with Crippen LogP contribution in [0.1, 0.15) is 80.4 Å². The second kappa shape index (κ2) is 10.1. The van der Waals surface area contributed by atoms with Crippen LogP contribution in [0.4, 0.5) is 13.2 Å². The fourth-order valence-electron chi connectivity index (χ4n) is 5.18. The third kappa shape index (κ3) is 4.73. The SMILES string of the molecule is CCOc1ccc(C2CCC(c3ccc(C4=CCC(OC)CC4)c(F)c3F)CC2)cc1F. The number of halogens is 3. The maximum atomic E-state index is 15.0. The minimum Gasteiger partial charge on any atom is -0.491 e. The van der Waals surface area contributed by atoms with Crippen molar-refractivity contribution in [3.63, 3.8) is 0 Å². The summed E-state index contributed by atoms with van der Waals surface area (Å²) >= 11 is 0. The van der Waals surface area contributed by atoms with Crippen LogP contribution in [0.25, 0.3) is 5.57 Å². The Kier molecular flexibility index (Phi) is 7.24. The highest BCUT2D eigenvalue weighted by Crippen LogP contribution is 2.43. The molecule has 32 heavy (non-hydrogen) atoms. The summed E-state index contributed by atoms with van der Waals surface area (Å²) in [6, 6.07) is 8.65. The van der Waals surface area contributed by atoms with E-state index < -0.39 is 11.6 Å². The van der Waals surface area contributed by atoms with Crippen LogP contribution in [0.5, 0.6) is 5.75 Å². The number of hydrogen-bond donors (Lipinski definition) is 0. The second-order valence-corrected chi connectivity index (χ2v) is 8.86. The van der Waals surface area contributed by atoms with Crippen molar-refractivity contribution in [3.05, 3.63) is 70.5 Å². The summed E-state index contributed by atoms with van der Waals surface area (Å²) in [4.78, 5) is 0. The van der Waals surface area contributed by atoms with Gasteiger partial charge in [-0.1, -0.05) is 24.3 Å². The molecule has 0 saturated heterocycles. The molecular formula is C27H31F3O2. The lowest BCUT2D eigenvalue weighted by atomic mass is 9.75. The first-order valence-corrected chi connectivity index (χ1v) is 11.6. The quantitative estimate of drug-likeness (QED) is 0.459. The average Bonchev–Trinajstić information content (AvgIpc) is 2.82. The summed E-state index contributed by atoms with van der Waals surface area (Å²) < 4.78 is 54.9. The summed E-state index contributed by atoms with van der Waals surface area (Å²) in [7, 11) is 1.68. The zero-order chi connectivity index (χ0) is 22.7. The predicted molar refractivity (Wildman–Crippen MR) is 121 cm³/mol. The molecule has 1 fully saturated rings. The Morgan fingerprint density at radius 1 is 0.906 bits per heavy atom. The number of methoxy groups -OCH3 is 1. The molecule has 0 spiro atoms. The maximum Gasteiger partial charge on any atom is 0.166 e. The van der Waals surface area contributed by atoms with E-state index >= 15 is 4.39 Å². The second-order valence-electron chi connectivity index (χ2n) is 8.86. The average molecular weight is 445 g/mol. The zero-order valence-electron chi connectivity index (χ0n) is 18.8. The first-order valence-electron chi connectivity index (χ1n) is 11.6. The highest BCUT2D eigenvalue weighted by Gasteiger charge is 2.28. The molecule has 5 heteroatoms. The van der Waals surface area contributed by atoms with Crippen molar-refractivity contribution in [2.45, 2.75) is 69.8 Å². The topological polar surface area (TPSA) is 18.5 Å². The van der Waals surface area contributed by atoms with E-state index in [0.29, 0.717) is 24.2 Å². The van der Waals surface area contributed by atoms with E-state index in [4.69, 9.17) is 9.47 Å². The van der Waals surface area contributed by atoms with Gasteiger partial charge in [-0.15, -0.1) is 0 Å². The molecule has 2 aromatic carbocycles. The first kappa shape index (κ1) is 22.9. The fraction of sp³-hybridized carbons (Fsp3) is 0.481. The molecule has 0 aromatic heterocycles. The molecule has 1 unspecified atom stereocenters. The molecule has 4 rings (SSSR count). The van der Waals surface area contributed by atoms with Gasteiger partial charge >= 0.3 is 0 Å². The third-order valence-corrected chi connectivity index (χ3v) is 7.05. The Morgan fingerprint density at radius 3 is 2.28 bits per heavy atom. The van der Waals surface area contributed by atoms with Crippen LogP contribution in [0.2, 0.25) is 0 Å². The summed E-state index contributed by atoms with van der Waals surface area (Å²) in [6.07, 6.45) is 7.53. The largest absolute Gasteiger partial charge is 0.491 e. The lowest BCUT2D eigenvalue weighted by Crippen LogP contribution is -2.15. The Balaban J connectivity index is 1.44. The number of ether oxygens (including phenoxy) is 2. The summed E-state index contributed by atoms with van der Waals surface area (Å²) in [6.45, 7) is 2.25. The van der Waals surface area contributed by atoms with Gasteiger partial charge in [-0.2, -0.15) is 0 Å². The van der Waals surface area contributed by atoms with Crippen LogP contribution in [0, 0.1) is 17.5 Å². The van der Waals surface area contributed by atoms with Gasteiger partial charge in [-0.25, -0.2) is 13.2 Å². The number of allylic oxidation sites excluding steroid dienone is 1. The zero-order valence-corrected chi connectivity index (χ0v) is 18.8. The van der Waals surface area contributed by atoms with Crippen molar-refractivity contribution in [3.8, 4) is 5.75 Å². The van der Waals surface area contributed by atoms with Gasteiger partial charge in [0, 0.05) is 12.7 Å². The summed E-state index contributed by atoms with van der Waals surface area (Å²) in [5, 5.41) is 0. The lowest BCUT2D eigenvalue weighted by Gasteiger charge is -2.30.